The minimum absolute atomic E-state index is 0.000191. The Labute approximate surface area is 260 Å². The number of likely N-dealkylation sites (tertiary alicyclic amines) is 3. The number of ether oxygens (including phenoxy) is 1. The Morgan fingerprint density at radius 2 is 1.74 bits per heavy atom. The molecule has 0 aromatic heterocycles. The zero-order valence-corrected chi connectivity index (χ0v) is 26.0. The summed E-state index contributed by atoms with van der Waals surface area (Å²) in [4.78, 5) is 19.5. The molecular weight excluding hydrogens is 581 g/mol. The van der Waals surface area contributed by atoms with E-state index in [0.29, 0.717) is 38.5 Å². The number of hydrogen-bond donors (Lipinski definition) is 6. The first kappa shape index (κ1) is 33.7. The highest BCUT2D eigenvalue weighted by molar-refractivity contribution is 6.21. The number of halogens is 2. The van der Waals surface area contributed by atoms with Crippen molar-refractivity contribution in [1.82, 2.24) is 25.3 Å². The molecule has 0 aromatic rings. The van der Waals surface area contributed by atoms with Gasteiger partial charge in [-0.05, 0) is 56.8 Å². The highest BCUT2D eigenvalue weighted by Crippen LogP contribution is 2.36. The average Bonchev–Trinajstić information content (AvgIpc) is 3.61. The van der Waals surface area contributed by atoms with Gasteiger partial charge >= 0.3 is 0 Å². The van der Waals surface area contributed by atoms with Crippen LogP contribution in [0.2, 0.25) is 0 Å². The van der Waals surface area contributed by atoms with Gasteiger partial charge in [-0.3, -0.25) is 25.2 Å². The topological polar surface area (TPSA) is 141 Å². The summed E-state index contributed by atoms with van der Waals surface area (Å²) in [6.45, 7) is 5.17. The van der Waals surface area contributed by atoms with Crippen LogP contribution in [0.3, 0.4) is 0 Å². The number of nitrogens with zero attached hydrogens (tertiary/aromatic N) is 3. The van der Waals surface area contributed by atoms with Crippen molar-refractivity contribution in [1.29, 1.82) is 0 Å². The molecule has 5 fully saturated rings. The molecule has 3 unspecified atom stereocenters. The Morgan fingerprint density at radius 1 is 1.00 bits per heavy atom. The number of carbonyl (C=O) groups is 1. The molecule has 0 aromatic carbocycles. The minimum atomic E-state index is -1.42. The van der Waals surface area contributed by atoms with Crippen LogP contribution in [0.15, 0.2) is 0 Å². The zero-order valence-electron chi connectivity index (χ0n) is 25.3. The maximum Gasteiger partial charge on any atom is 0.223 e. The molecule has 11 nitrogen and oxygen atoms in total. The summed E-state index contributed by atoms with van der Waals surface area (Å²) in [5, 5.41) is 45.9. The molecule has 4 aliphatic heterocycles. The molecule has 5 rings (SSSR count). The summed E-state index contributed by atoms with van der Waals surface area (Å²) < 4.78 is 21.2. The van der Waals surface area contributed by atoms with Gasteiger partial charge in [0.1, 0.15) is 24.7 Å². The molecule has 2 bridgehead atoms. The summed E-state index contributed by atoms with van der Waals surface area (Å²) in [5.41, 5.74) is 0. The van der Waals surface area contributed by atoms with E-state index in [1.54, 1.807) is 0 Å². The van der Waals surface area contributed by atoms with Crippen LogP contribution in [-0.2, 0) is 9.53 Å². The van der Waals surface area contributed by atoms with Gasteiger partial charge in [-0.15, -0.1) is 11.6 Å². The van der Waals surface area contributed by atoms with Crippen molar-refractivity contribution in [2.45, 2.75) is 112 Å². The first-order chi connectivity index (χ1) is 20.7. The summed E-state index contributed by atoms with van der Waals surface area (Å²) in [5.74, 6) is 0.441. The zero-order chi connectivity index (χ0) is 30.5. The number of β-amino-alcohol motifs (C(OH)–C–C–N with tert-alkyl or cyclic N) is 1. The van der Waals surface area contributed by atoms with E-state index in [4.69, 9.17) is 21.4 Å². The van der Waals surface area contributed by atoms with E-state index in [9.17, 15) is 20.1 Å². The standard InChI is InChI=1S/C30H53ClFN5O6/c31-21-13-33-30(34-14-21)35-7-5-19(6-8-35)2-1-9-43-24-4-3-20(25(32)12-24)10-28(41)37-16-22-11-23(37)15-36(22)17-26(39)29(42)27(40)18-38/h19-27,29-30,33-34,38-40,42H,1-18H2/t20?,21?,22-,23-,24?,25?,26-,27+,29-,30?/m0/s1. The first-order valence-electron chi connectivity index (χ1n) is 16.5. The smallest absolute Gasteiger partial charge is 0.223 e. The Kier molecular flexibility index (Phi) is 12.3. The Morgan fingerprint density at radius 3 is 2.40 bits per heavy atom. The lowest BCUT2D eigenvalue weighted by Gasteiger charge is -2.41. The number of rotatable bonds is 13. The number of aliphatic hydroxyl groups excluding tert-OH is 4. The number of aliphatic hydroxyl groups is 4. The monoisotopic (exact) mass is 633 g/mol. The van der Waals surface area contributed by atoms with Crippen LogP contribution in [0.5, 0.6) is 0 Å². The number of hydrogen-bond acceptors (Lipinski definition) is 10. The third kappa shape index (κ3) is 8.78. The molecule has 13 heteroatoms. The average molecular weight is 634 g/mol. The van der Waals surface area contributed by atoms with Gasteiger partial charge in [-0.25, -0.2) is 4.39 Å². The quantitative estimate of drug-likeness (QED) is 0.120. The van der Waals surface area contributed by atoms with Gasteiger partial charge in [0.15, 0.2) is 0 Å². The number of fused-ring (bicyclic) bond motifs is 2. The molecular formula is C30H53ClFN5O6. The van der Waals surface area contributed by atoms with E-state index in [0.717, 1.165) is 51.9 Å². The number of nitrogens with one attached hydrogen (secondary N) is 2. The summed E-state index contributed by atoms with van der Waals surface area (Å²) in [7, 11) is 0. The Bertz CT molecular complexity index is 882. The van der Waals surface area contributed by atoms with Crippen LogP contribution in [0.1, 0.15) is 57.8 Å². The van der Waals surface area contributed by atoms with Crippen molar-refractivity contribution in [2.75, 3.05) is 59.0 Å². The van der Waals surface area contributed by atoms with E-state index < -0.39 is 31.1 Å². The normalized spacial score (nSPS) is 36.6. The van der Waals surface area contributed by atoms with Crippen molar-refractivity contribution in [3.8, 4) is 0 Å². The molecule has 4 heterocycles. The van der Waals surface area contributed by atoms with Crippen LogP contribution in [0, 0.1) is 11.8 Å². The number of carbonyl (C=O) groups excluding carboxylic acids is 1. The molecule has 0 radical (unpaired) electrons. The van der Waals surface area contributed by atoms with Gasteiger partial charge in [0.2, 0.25) is 5.91 Å². The fraction of sp³-hybridized carbons (Fsp3) is 0.967. The fourth-order valence-corrected chi connectivity index (χ4v) is 8.04. The van der Waals surface area contributed by atoms with Crippen LogP contribution >= 0.6 is 11.6 Å². The number of piperazine rings is 1. The first-order valence-corrected chi connectivity index (χ1v) is 16.9. The molecule has 1 amide bonds. The van der Waals surface area contributed by atoms with Crippen molar-refractivity contribution in [2.24, 2.45) is 11.8 Å². The SMILES string of the molecule is O=C(CC1CCC(OCCCC2CCN(C3NCC(Cl)CN3)CC2)CC1F)N1C[C@@H]2C[C@H]1CN2C[C@H](O)[C@H](O)[C@H](O)CO. The van der Waals surface area contributed by atoms with Gasteiger partial charge in [0.05, 0.1) is 24.2 Å². The van der Waals surface area contributed by atoms with Gasteiger partial charge in [0, 0.05) is 77.3 Å². The third-order valence-electron chi connectivity index (χ3n) is 10.6. The van der Waals surface area contributed by atoms with E-state index in [-0.39, 0.29) is 54.6 Å². The lowest BCUT2D eigenvalue weighted by atomic mass is 9.83. The summed E-state index contributed by atoms with van der Waals surface area (Å²) >= 11 is 6.16. The molecule has 43 heavy (non-hydrogen) atoms. The Hall–Kier alpha value is -0.670. The van der Waals surface area contributed by atoms with Gasteiger partial charge in [0.25, 0.3) is 0 Å². The fourth-order valence-electron chi connectivity index (χ4n) is 7.86. The number of alkyl halides is 2. The number of amides is 1. The predicted molar refractivity (Wildman–Crippen MR) is 160 cm³/mol. The molecule has 6 N–H and O–H groups in total. The largest absolute Gasteiger partial charge is 0.394 e. The maximum atomic E-state index is 15.1. The van der Waals surface area contributed by atoms with Crippen LogP contribution in [-0.4, -0.2) is 154 Å². The van der Waals surface area contributed by atoms with E-state index in [1.807, 2.05) is 9.80 Å². The minimum Gasteiger partial charge on any atom is -0.394 e. The second-order valence-electron chi connectivity index (χ2n) is 13.6. The van der Waals surface area contributed by atoms with Gasteiger partial charge < -0.3 is 30.1 Å². The van der Waals surface area contributed by atoms with Gasteiger partial charge in [-0.2, -0.15) is 0 Å². The third-order valence-corrected chi connectivity index (χ3v) is 10.9. The number of piperidine rings is 1. The predicted octanol–water partition coefficient (Wildman–Crippen LogP) is -0.164. The summed E-state index contributed by atoms with van der Waals surface area (Å²) in [6, 6.07) is 0.0962. The lowest BCUT2D eigenvalue weighted by Crippen LogP contribution is -2.62. The molecule has 0 spiro atoms. The summed E-state index contributed by atoms with van der Waals surface area (Å²) in [6.07, 6.45) is 2.48. The van der Waals surface area contributed by atoms with E-state index in [2.05, 4.69) is 15.5 Å². The van der Waals surface area contributed by atoms with E-state index >= 15 is 4.39 Å². The molecule has 8 atom stereocenters. The van der Waals surface area contributed by atoms with E-state index in [1.165, 1.54) is 12.8 Å². The molecule has 1 saturated carbocycles. The maximum absolute atomic E-state index is 15.1. The molecule has 248 valence electrons. The van der Waals surface area contributed by atoms with Crippen molar-refractivity contribution in [3.05, 3.63) is 0 Å². The van der Waals surface area contributed by atoms with Crippen molar-refractivity contribution < 1.29 is 34.3 Å². The molecule has 5 aliphatic rings. The second-order valence-corrected chi connectivity index (χ2v) is 14.2. The van der Waals surface area contributed by atoms with Crippen LogP contribution < -0.4 is 10.6 Å². The van der Waals surface area contributed by atoms with Gasteiger partial charge in [-0.1, -0.05) is 0 Å². The highest BCUT2D eigenvalue weighted by Gasteiger charge is 2.47. The lowest BCUT2D eigenvalue weighted by molar-refractivity contribution is -0.136. The second kappa shape index (κ2) is 15.8. The Balaban J connectivity index is 0.934. The van der Waals surface area contributed by atoms with Crippen LogP contribution in [0.25, 0.3) is 0 Å². The highest BCUT2D eigenvalue weighted by atomic mass is 35.5. The molecule has 1 aliphatic carbocycles. The van der Waals surface area contributed by atoms with Crippen LogP contribution in [0.4, 0.5) is 4.39 Å². The molecule has 4 saturated heterocycles. The van der Waals surface area contributed by atoms with Crippen molar-refractivity contribution >= 4 is 17.5 Å². The van der Waals surface area contributed by atoms with Crippen molar-refractivity contribution in [3.63, 3.8) is 0 Å².